The van der Waals surface area contributed by atoms with Crippen molar-refractivity contribution in [2.45, 2.75) is 25.8 Å². The van der Waals surface area contributed by atoms with Gasteiger partial charge in [0.1, 0.15) is 9.71 Å². The zero-order valence-electron chi connectivity index (χ0n) is 14.8. The number of halogens is 1. The second kappa shape index (κ2) is 6.24. The summed E-state index contributed by atoms with van der Waals surface area (Å²) in [6.45, 7) is 3.67. The van der Waals surface area contributed by atoms with Gasteiger partial charge in [-0.1, -0.05) is 0 Å². The normalized spacial score (nSPS) is 15.8. The molecule has 1 aliphatic rings. The number of nitrogens with one attached hydrogen (secondary N) is 1. The molecule has 0 radical (unpaired) electrons. The molecule has 0 aliphatic carbocycles. The predicted octanol–water partition coefficient (Wildman–Crippen LogP) is 3.14. The molecule has 138 valence electrons. The van der Waals surface area contributed by atoms with Crippen LogP contribution in [0.5, 0.6) is 0 Å². The van der Waals surface area contributed by atoms with Gasteiger partial charge in [0.2, 0.25) is 0 Å². The van der Waals surface area contributed by atoms with Gasteiger partial charge in [-0.15, -0.1) is 11.3 Å². The lowest BCUT2D eigenvalue weighted by Crippen LogP contribution is -2.33. The van der Waals surface area contributed by atoms with Crippen molar-refractivity contribution >= 4 is 27.2 Å². The molecule has 1 N–H and O–H groups in total. The van der Waals surface area contributed by atoms with Crippen molar-refractivity contribution in [2.24, 2.45) is 0 Å². The van der Waals surface area contributed by atoms with Gasteiger partial charge in [-0.25, -0.2) is 14.4 Å². The fraction of sp³-hybridized carbons (Fsp3) is 0.316. The van der Waals surface area contributed by atoms with E-state index in [9.17, 15) is 9.18 Å². The van der Waals surface area contributed by atoms with Crippen LogP contribution in [-0.2, 0) is 0 Å². The molecule has 4 aromatic rings. The van der Waals surface area contributed by atoms with E-state index in [4.69, 9.17) is 0 Å². The summed E-state index contributed by atoms with van der Waals surface area (Å²) in [6.07, 6.45) is 7.31. The fourth-order valence-corrected chi connectivity index (χ4v) is 4.70. The van der Waals surface area contributed by atoms with Crippen LogP contribution in [0.25, 0.3) is 26.4 Å². The van der Waals surface area contributed by atoms with Gasteiger partial charge >= 0.3 is 0 Å². The number of hydrogen-bond acceptors (Lipinski definition) is 5. The van der Waals surface area contributed by atoms with Crippen LogP contribution >= 0.6 is 11.3 Å². The lowest BCUT2D eigenvalue weighted by atomic mass is 10.1. The highest BCUT2D eigenvalue weighted by atomic mass is 32.1. The summed E-state index contributed by atoms with van der Waals surface area (Å²) in [7, 11) is 0. The van der Waals surface area contributed by atoms with Gasteiger partial charge < -0.3 is 14.3 Å². The number of nitrogens with zero attached hydrogens (tertiary/aromatic N) is 4. The summed E-state index contributed by atoms with van der Waals surface area (Å²) in [5, 5.41) is 3.96. The standard InChI is InChI=1S/C19H18FN5OS/c1-11-9-24-10-12(8-14(20)17(24)22-11)18-23-15-4-7-25(19(26)16(15)27-18)13-2-5-21-6-3-13/h4,7-10,13,21H,2-3,5-6H2,1H3. The van der Waals surface area contributed by atoms with Gasteiger partial charge in [-0.3, -0.25) is 4.79 Å². The lowest BCUT2D eigenvalue weighted by molar-refractivity contribution is 0.362. The van der Waals surface area contributed by atoms with Gasteiger partial charge in [0, 0.05) is 30.2 Å². The fourth-order valence-electron chi connectivity index (χ4n) is 3.73. The van der Waals surface area contributed by atoms with Crippen molar-refractivity contribution in [3.63, 3.8) is 0 Å². The Morgan fingerprint density at radius 1 is 1.26 bits per heavy atom. The van der Waals surface area contributed by atoms with Crippen molar-refractivity contribution in [1.82, 2.24) is 24.3 Å². The number of rotatable bonds is 2. The van der Waals surface area contributed by atoms with Crippen molar-refractivity contribution in [3.05, 3.63) is 52.6 Å². The summed E-state index contributed by atoms with van der Waals surface area (Å²) < 4.78 is 18.5. The Morgan fingerprint density at radius 2 is 2.07 bits per heavy atom. The molecule has 0 saturated carbocycles. The summed E-state index contributed by atoms with van der Waals surface area (Å²) >= 11 is 1.32. The first-order chi connectivity index (χ1) is 13.1. The number of piperidine rings is 1. The highest BCUT2D eigenvalue weighted by Gasteiger charge is 2.19. The molecule has 6 nitrogen and oxygen atoms in total. The van der Waals surface area contributed by atoms with Crippen LogP contribution in [0.3, 0.4) is 0 Å². The molecule has 0 amide bonds. The third-order valence-corrected chi connectivity index (χ3v) is 6.16. The number of pyridine rings is 2. The number of hydrogen-bond donors (Lipinski definition) is 1. The molecule has 0 aromatic carbocycles. The number of imidazole rings is 1. The van der Waals surface area contributed by atoms with Crippen LogP contribution in [0.2, 0.25) is 0 Å². The summed E-state index contributed by atoms with van der Waals surface area (Å²) in [6, 6.07) is 3.54. The molecule has 27 heavy (non-hydrogen) atoms. The average molecular weight is 383 g/mol. The van der Waals surface area contributed by atoms with E-state index in [2.05, 4.69) is 15.3 Å². The van der Waals surface area contributed by atoms with Gasteiger partial charge in [0.05, 0.1) is 11.2 Å². The summed E-state index contributed by atoms with van der Waals surface area (Å²) in [4.78, 5) is 21.7. The Hall–Kier alpha value is -2.58. The van der Waals surface area contributed by atoms with Gasteiger partial charge in [-0.05, 0) is 45.0 Å². The van der Waals surface area contributed by atoms with E-state index in [1.807, 2.05) is 30.0 Å². The maximum atomic E-state index is 14.4. The Balaban J connectivity index is 1.62. The van der Waals surface area contributed by atoms with E-state index < -0.39 is 5.82 Å². The minimum absolute atomic E-state index is 0.0109. The second-order valence-electron chi connectivity index (χ2n) is 6.93. The first kappa shape index (κ1) is 16.6. The van der Waals surface area contributed by atoms with Gasteiger partial charge in [0.15, 0.2) is 11.5 Å². The predicted molar refractivity (Wildman–Crippen MR) is 104 cm³/mol. The number of aromatic nitrogens is 4. The Kier molecular flexibility index (Phi) is 3.84. The number of aryl methyl sites for hydroxylation is 1. The van der Waals surface area contributed by atoms with E-state index in [1.165, 1.54) is 17.4 Å². The molecule has 5 heterocycles. The largest absolute Gasteiger partial charge is 0.317 e. The van der Waals surface area contributed by atoms with Crippen LogP contribution in [0, 0.1) is 12.7 Å². The van der Waals surface area contributed by atoms with Gasteiger partial charge in [0.25, 0.3) is 5.56 Å². The molecule has 4 aromatic heterocycles. The minimum Gasteiger partial charge on any atom is -0.317 e. The molecular weight excluding hydrogens is 365 g/mol. The molecule has 0 bridgehead atoms. The van der Waals surface area contributed by atoms with Crippen LogP contribution in [0.4, 0.5) is 4.39 Å². The van der Waals surface area contributed by atoms with Crippen molar-refractivity contribution in [3.8, 4) is 10.6 Å². The van der Waals surface area contributed by atoms with Crippen LogP contribution < -0.4 is 10.9 Å². The molecule has 1 aliphatic heterocycles. The van der Waals surface area contributed by atoms with Crippen molar-refractivity contribution in [2.75, 3.05) is 13.1 Å². The zero-order valence-corrected chi connectivity index (χ0v) is 15.6. The molecule has 1 fully saturated rings. The average Bonchev–Trinajstić information content (AvgIpc) is 3.26. The molecular formula is C19H18FN5OS. The highest BCUT2D eigenvalue weighted by molar-refractivity contribution is 7.21. The van der Waals surface area contributed by atoms with E-state index in [0.717, 1.165) is 31.6 Å². The molecule has 0 spiro atoms. The molecule has 8 heteroatoms. The van der Waals surface area contributed by atoms with Gasteiger partial charge in [-0.2, -0.15) is 0 Å². The third-order valence-electron chi connectivity index (χ3n) is 5.05. The first-order valence-electron chi connectivity index (χ1n) is 8.98. The second-order valence-corrected chi connectivity index (χ2v) is 7.93. The zero-order chi connectivity index (χ0) is 18.5. The van der Waals surface area contributed by atoms with E-state index >= 15 is 0 Å². The Bertz CT molecular complexity index is 1220. The Morgan fingerprint density at radius 3 is 2.89 bits per heavy atom. The molecule has 0 unspecified atom stereocenters. The summed E-state index contributed by atoms with van der Waals surface area (Å²) in [5.74, 6) is -0.396. The highest BCUT2D eigenvalue weighted by Crippen LogP contribution is 2.30. The molecule has 1 saturated heterocycles. The quantitative estimate of drug-likeness (QED) is 0.578. The van der Waals surface area contributed by atoms with Crippen molar-refractivity contribution < 1.29 is 4.39 Å². The molecule has 0 atom stereocenters. The first-order valence-corrected chi connectivity index (χ1v) is 9.79. The van der Waals surface area contributed by atoms with Crippen molar-refractivity contribution in [1.29, 1.82) is 0 Å². The van der Waals surface area contributed by atoms with E-state index in [1.54, 1.807) is 10.6 Å². The van der Waals surface area contributed by atoms with E-state index in [-0.39, 0.29) is 11.6 Å². The topological polar surface area (TPSA) is 64.2 Å². The van der Waals surface area contributed by atoms with E-state index in [0.29, 0.717) is 26.4 Å². The maximum absolute atomic E-state index is 14.4. The monoisotopic (exact) mass is 383 g/mol. The smallest absolute Gasteiger partial charge is 0.270 e. The maximum Gasteiger partial charge on any atom is 0.270 e. The SMILES string of the molecule is Cc1cn2cc(-c3nc4ccn(C5CCNCC5)c(=O)c4s3)cc(F)c2n1. The van der Waals surface area contributed by atoms with Crippen LogP contribution in [-0.4, -0.2) is 32.0 Å². The third kappa shape index (κ3) is 2.76. The summed E-state index contributed by atoms with van der Waals surface area (Å²) in [5.41, 5.74) is 2.34. The minimum atomic E-state index is -0.396. The Labute approximate surface area is 158 Å². The van der Waals surface area contributed by atoms with Crippen LogP contribution in [0.15, 0.2) is 35.5 Å². The molecule has 5 rings (SSSR count). The van der Waals surface area contributed by atoms with Crippen LogP contribution in [0.1, 0.15) is 24.6 Å². The lowest BCUT2D eigenvalue weighted by Gasteiger charge is -2.24. The number of thiazole rings is 1. The number of fused-ring (bicyclic) bond motifs is 2.